The minimum Gasteiger partial charge on any atom is -0.468 e. The average molecular weight is 262 g/mol. The summed E-state index contributed by atoms with van der Waals surface area (Å²) in [5.41, 5.74) is 5.17. The summed E-state index contributed by atoms with van der Waals surface area (Å²) >= 11 is 0. The van der Waals surface area contributed by atoms with Crippen LogP contribution < -0.4 is 0 Å². The van der Waals surface area contributed by atoms with Crippen molar-refractivity contribution in [3.05, 3.63) is 94.9 Å². The van der Waals surface area contributed by atoms with Crippen molar-refractivity contribution in [2.24, 2.45) is 0 Å². The molecule has 0 N–H and O–H groups in total. The van der Waals surface area contributed by atoms with Crippen molar-refractivity contribution in [3.8, 4) is 0 Å². The summed E-state index contributed by atoms with van der Waals surface area (Å²) < 4.78 is 5.77. The first kappa shape index (κ1) is 12.7. The SMILES string of the molecule is Cc1coc(Cc2ccccc2)c1Cc1ccccc1. The summed E-state index contributed by atoms with van der Waals surface area (Å²) in [6, 6.07) is 21.0. The van der Waals surface area contributed by atoms with Gasteiger partial charge < -0.3 is 4.42 Å². The molecule has 0 amide bonds. The molecule has 0 saturated heterocycles. The van der Waals surface area contributed by atoms with Gasteiger partial charge in [0.25, 0.3) is 0 Å². The maximum absolute atomic E-state index is 5.77. The van der Waals surface area contributed by atoms with Gasteiger partial charge in [0.05, 0.1) is 6.26 Å². The molecule has 2 aromatic carbocycles. The van der Waals surface area contributed by atoms with E-state index in [1.807, 2.05) is 12.3 Å². The summed E-state index contributed by atoms with van der Waals surface area (Å²) in [5, 5.41) is 0. The maximum Gasteiger partial charge on any atom is 0.111 e. The molecule has 100 valence electrons. The van der Waals surface area contributed by atoms with E-state index in [4.69, 9.17) is 4.42 Å². The van der Waals surface area contributed by atoms with Crippen LogP contribution >= 0.6 is 0 Å². The van der Waals surface area contributed by atoms with E-state index in [1.54, 1.807) is 0 Å². The molecule has 0 bridgehead atoms. The van der Waals surface area contributed by atoms with Gasteiger partial charge in [0.2, 0.25) is 0 Å². The van der Waals surface area contributed by atoms with Crippen molar-refractivity contribution in [1.29, 1.82) is 0 Å². The minimum atomic E-state index is 0.858. The van der Waals surface area contributed by atoms with Crippen molar-refractivity contribution in [1.82, 2.24) is 0 Å². The lowest BCUT2D eigenvalue weighted by atomic mass is 9.99. The van der Waals surface area contributed by atoms with Crippen LogP contribution in [0.15, 0.2) is 71.3 Å². The number of aryl methyl sites for hydroxylation is 1. The third kappa shape index (κ3) is 2.83. The molecule has 0 aliphatic heterocycles. The molecule has 0 radical (unpaired) electrons. The summed E-state index contributed by atoms with van der Waals surface area (Å²) in [5.74, 6) is 1.08. The van der Waals surface area contributed by atoms with Crippen LogP contribution in [0.4, 0.5) is 0 Å². The average Bonchev–Trinajstić information content (AvgIpc) is 2.83. The maximum atomic E-state index is 5.77. The van der Waals surface area contributed by atoms with Crippen molar-refractivity contribution >= 4 is 0 Å². The predicted molar refractivity (Wildman–Crippen MR) is 81.9 cm³/mol. The van der Waals surface area contributed by atoms with Crippen molar-refractivity contribution in [3.63, 3.8) is 0 Å². The first-order chi connectivity index (χ1) is 9.83. The van der Waals surface area contributed by atoms with Crippen molar-refractivity contribution in [2.75, 3.05) is 0 Å². The van der Waals surface area contributed by atoms with E-state index in [9.17, 15) is 0 Å². The van der Waals surface area contributed by atoms with Gasteiger partial charge >= 0.3 is 0 Å². The van der Waals surface area contributed by atoms with E-state index < -0.39 is 0 Å². The molecule has 0 atom stereocenters. The summed E-state index contributed by atoms with van der Waals surface area (Å²) in [4.78, 5) is 0. The Kier molecular flexibility index (Phi) is 3.69. The summed E-state index contributed by atoms with van der Waals surface area (Å²) in [6.07, 6.45) is 3.67. The molecule has 0 spiro atoms. The Morgan fingerprint density at radius 2 is 1.30 bits per heavy atom. The molecule has 3 aromatic rings. The number of rotatable bonds is 4. The standard InChI is InChI=1S/C19H18O/c1-15-14-20-19(13-17-10-6-3-7-11-17)18(15)12-16-8-4-2-5-9-16/h2-11,14H,12-13H2,1H3. The van der Waals surface area contributed by atoms with E-state index >= 15 is 0 Å². The summed E-state index contributed by atoms with van der Waals surface area (Å²) in [6.45, 7) is 2.12. The molecule has 1 nitrogen and oxygen atoms in total. The molecule has 1 heteroatoms. The fourth-order valence-electron chi connectivity index (χ4n) is 2.49. The second-order valence-corrected chi connectivity index (χ2v) is 5.15. The highest BCUT2D eigenvalue weighted by Gasteiger charge is 2.11. The van der Waals surface area contributed by atoms with Crippen LogP contribution in [0.2, 0.25) is 0 Å². The van der Waals surface area contributed by atoms with E-state index in [0.717, 1.165) is 18.6 Å². The van der Waals surface area contributed by atoms with Crippen molar-refractivity contribution < 1.29 is 4.42 Å². The lowest BCUT2D eigenvalue weighted by Gasteiger charge is -2.05. The highest BCUT2D eigenvalue weighted by molar-refractivity contribution is 5.35. The van der Waals surface area contributed by atoms with Gasteiger partial charge in [0.1, 0.15) is 5.76 Å². The zero-order chi connectivity index (χ0) is 13.8. The molecule has 0 fully saturated rings. The Labute approximate surface area is 119 Å². The third-order valence-electron chi connectivity index (χ3n) is 3.62. The molecule has 0 unspecified atom stereocenters. The molecule has 1 aromatic heterocycles. The van der Waals surface area contributed by atoms with Gasteiger partial charge in [0.15, 0.2) is 0 Å². The first-order valence-electron chi connectivity index (χ1n) is 6.96. The molecular formula is C19H18O. The quantitative estimate of drug-likeness (QED) is 0.660. The Balaban J connectivity index is 1.86. The Morgan fingerprint density at radius 3 is 1.90 bits per heavy atom. The van der Waals surface area contributed by atoms with E-state index in [1.165, 1.54) is 22.3 Å². The fourth-order valence-corrected chi connectivity index (χ4v) is 2.49. The fraction of sp³-hybridized carbons (Fsp3) is 0.158. The monoisotopic (exact) mass is 262 g/mol. The van der Waals surface area contributed by atoms with Crippen LogP contribution in [-0.2, 0) is 12.8 Å². The zero-order valence-corrected chi connectivity index (χ0v) is 11.7. The predicted octanol–water partition coefficient (Wildman–Crippen LogP) is 4.77. The molecule has 0 aliphatic carbocycles. The van der Waals surface area contributed by atoms with Gasteiger partial charge in [0, 0.05) is 18.4 Å². The van der Waals surface area contributed by atoms with Crippen LogP contribution in [0.1, 0.15) is 28.0 Å². The van der Waals surface area contributed by atoms with Gasteiger partial charge in [-0.1, -0.05) is 60.7 Å². The minimum absolute atomic E-state index is 0.858. The van der Waals surface area contributed by atoms with E-state index in [0.29, 0.717) is 0 Å². The van der Waals surface area contributed by atoms with Crippen LogP contribution in [0.25, 0.3) is 0 Å². The van der Waals surface area contributed by atoms with Gasteiger partial charge in [-0.3, -0.25) is 0 Å². The van der Waals surface area contributed by atoms with Crippen LogP contribution in [0, 0.1) is 6.92 Å². The van der Waals surface area contributed by atoms with Gasteiger partial charge in [-0.25, -0.2) is 0 Å². The highest BCUT2D eigenvalue weighted by atomic mass is 16.3. The topological polar surface area (TPSA) is 13.1 Å². The first-order valence-corrected chi connectivity index (χ1v) is 6.96. The molecule has 0 saturated carbocycles. The lowest BCUT2D eigenvalue weighted by Crippen LogP contribution is -1.95. The molecule has 1 heterocycles. The Hall–Kier alpha value is -2.28. The normalized spacial score (nSPS) is 10.7. The van der Waals surface area contributed by atoms with E-state index in [-0.39, 0.29) is 0 Å². The molecule has 3 rings (SSSR count). The molecule has 20 heavy (non-hydrogen) atoms. The third-order valence-corrected chi connectivity index (χ3v) is 3.62. The smallest absolute Gasteiger partial charge is 0.111 e. The zero-order valence-electron chi connectivity index (χ0n) is 11.7. The molecule has 0 aliphatic rings. The number of benzene rings is 2. The largest absolute Gasteiger partial charge is 0.468 e. The summed E-state index contributed by atoms with van der Waals surface area (Å²) in [7, 11) is 0. The Morgan fingerprint density at radius 1 is 0.750 bits per heavy atom. The molecular weight excluding hydrogens is 244 g/mol. The highest BCUT2D eigenvalue weighted by Crippen LogP contribution is 2.23. The van der Waals surface area contributed by atoms with Gasteiger partial charge in [-0.05, 0) is 23.6 Å². The van der Waals surface area contributed by atoms with Gasteiger partial charge in [-0.2, -0.15) is 0 Å². The number of hydrogen-bond acceptors (Lipinski definition) is 1. The van der Waals surface area contributed by atoms with Gasteiger partial charge in [-0.15, -0.1) is 0 Å². The number of hydrogen-bond donors (Lipinski definition) is 0. The second-order valence-electron chi connectivity index (χ2n) is 5.15. The van der Waals surface area contributed by atoms with Crippen molar-refractivity contribution in [2.45, 2.75) is 19.8 Å². The lowest BCUT2D eigenvalue weighted by molar-refractivity contribution is 0.516. The Bertz CT molecular complexity index is 666. The van der Waals surface area contributed by atoms with Crippen LogP contribution in [-0.4, -0.2) is 0 Å². The van der Waals surface area contributed by atoms with E-state index in [2.05, 4.69) is 61.5 Å². The second kappa shape index (κ2) is 5.79. The van der Waals surface area contributed by atoms with Crippen LogP contribution in [0.5, 0.6) is 0 Å². The van der Waals surface area contributed by atoms with Crippen LogP contribution in [0.3, 0.4) is 0 Å². The number of furan rings is 1.